The van der Waals surface area contributed by atoms with Gasteiger partial charge in [-0.25, -0.2) is 0 Å². The van der Waals surface area contributed by atoms with E-state index in [1.165, 1.54) is 20.1 Å². The summed E-state index contributed by atoms with van der Waals surface area (Å²) in [6.07, 6.45) is 2.31. The van der Waals surface area contributed by atoms with Crippen molar-refractivity contribution in [1.29, 1.82) is 0 Å². The number of benzene rings is 1. The van der Waals surface area contributed by atoms with Gasteiger partial charge in [-0.3, -0.25) is 4.79 Å². The Morgan fingerprint density at radius 1 is 1.62 bits per heavy atom. The van der Waals surface area contributed by atoms with E-state index in [9.17, 15) is 9.90 Å². The second kappa shape index (κ2) is 5.21. The highest BCUT2D eigenvalue weighted by Crippen LogP contribution is 2.37. The summed E-state index contributed by atoms with van der Waals surface area (Å²) in [5, 5.41) is 12.2. The minimum absolute atomic E-state index is 0.000868. The fourth-order valence-electron chi connectivity index (χ4n) is 1.46. The van der Waals surface area contributed by atoms with Crippen LogP contribution in [0.15, 0.2) is 24.8 Å². The van der Waals surface area contributed by atoms with Gasteiger partial charge in [-0.1, -0.05) is 12.1 Å². The summed E-state index contributed by atoms with van der Waals surface area (Å²) in [5.41, 5.74) is 1.34. The summed E-state index contributed by atoms with van der Waals surface area (Å²) in [5.74, 6) is 0.0582. The van der Waals surface area contributed by atoms with Crippen molar-refractivity contribution >= 4 is 11.6 Å². The predicted molar refractivity (Wildman–Crippen MR) is 62.9 cm³/mol. The van der Waals surface area contributed by atoms with Crippen LogP contribution in [-0.4, -0.2) is 18.1 Å². The molecule has 0 radical (unpaired) electrons. The van der Waals surface area contributed by atoms with Crippen LogP contribution in [0.2, 0.25) is 0 Å². The number of hydrogen-bond acceptors (Lipinski definition) is 3. The number of carbonyl (C=O) groups excluding carboxylic acids is 1. The molecule has 2 N–H and O–H groups in total. The molecule has 4 nitrogen and oxygen atoms in total. The Morgan fingerprint density at radius 2 is 2.31 bits per heavy atom. The highest BCUT2D eigenvalue weighted by Gasteiger charge is 2.13. The quantitative estimate of drug-likeness (QED) is 0.765. The van der Waals surface area contributed by atoms with Crippen LogP contribution in [0.4, 0.5) is 5.69 Å². The van der Waals surface area contributed by atoms with Gasteiger partial charge in [0.2, 0.25) is 5.91 Å². The zero-order chi connectivity index (χ0) is 12.1. The summed E-state index contributed by atoms with van der Waals surface area (Å²) in [7, 11) is 1.44. The largest absolute Gasteiger partial charge is 0.504 e. The lowest BCUT2D eigenvalue weighted by molar-refractivity contribution is -0.114. The number of rotatable bonds is 4. The number of allylic oxidation sites excluding steroid dienone is 1. The maximum atomic E-state index is 11.1. The molecule has 0 aliphatic heterocycles. The molecule has 4 heteroatoms. The lowest BCUT2D eigenvalue weighted by Gasteiger charge is -2.14. The predicted octanol–water partition coefficient (Wildman–Crippen LogP) is 2.09. The van der Waals surface area contributed by atoms with Crippen LogP contribution in [0.1, 0.15) is 12.5 Å². The van der Waals surface area contributed by atoms with E-state index >= 15 is 0 Å². The van der Waals surface area contributed by atoms with E-state index in [-0.39, 0.29) is 17.4 Å². The Hall–Kier alpha value is -1.97. The van der Waals surface area contributed by atoms with E-state index in [0.29, 0.717) is 12.1 Å². The summed E-state index contributed by atoms with van der Waals surface area (Å²) in [6, 6.07) is 3.26. The molecular weight excluding hydrogens is 206 g/mol. The van der Waals surface area contributed by atoms with Gasteiger partial charge in [0.15, 0.2) is 11.5 Å². The number of aromatic hydroxyl groups is 1. The SMILES string of the molecule is C=CCc1ccc(O)c(OC)c1NC(C)=O. The fourth-order valence-corrected chi connectivity index (χ4v) is 1.46. The van der Waals surface area contributed by atoms with Crippen molar-refractivity contribution in [3.63, 3.8) is 0 Å². The van der Waals surface area contributed by atoms with Crippen molar-refractivity contribution in [2.45, 2.75) is 13.3 Å². The van der Waals surface area contributed by atoms with E-state index in [4.69, 9.17) is 4.74 Å². The Labute approximate surface area is 94.6 Å². The molecule has 0 saturated carbocycles. The van der Waals surface area contributed by atoms with Gasteiger partial charge in [-0.15, -0.1) is 6.58 Å². The zero-order valence-electron chi connectivity index (χ0n) is 9.41. The van der Waals surface area contributed by atoms with Crippen LogP contribution >= 0.6 is 0 Å². The molecule has 0 heterocycles. The van der Waals surface area contributed by atoms with Gasteiger partial charge >= 0.3 is 0 Å². The van der Waals surface area contributed by atoms with Crippen LogP contribution in [0.5, 0.6) is 11.5 Å². The average Bonchev–Trinajstić information content (AvgIpc) is 2.22. The van der Waals surface area contributed by atoms with E-state index < -0.39 is 0 Å². The third-order valence-corrected chi connectivity index (χ3v) is 2.09. The summed E-state index contributed by atoms with van der Waals surface area (Å²) in [6.45, 7) is 5.04. The highest BCUT2D eigenvalue weighted by atomic mass is 16.5. The molecule has 0 aliphatic rings. The summed E-state index contributed by atoms with van der Waals surface area (Å²) in [4.78, 5) is 11.1. The van der Waals surface area contributed by atoms with Gasteiger partial charge in [-0.05, 0) is 18.1 Å². The molecule has 0 spiro atoms. The van der Waals surface area contributed by atoms with E-state index in [2.05, 4.69) is 11.9 Å². The summed E-state index contributed by atoms with van der Waals surface area (Å²) < 4.78 is 5.06. The fraction of sp³-hybridized carbons (Fsp3) is 0.250. The van der Waals surface area contributed by atoms with Crippen LogP contribution in [0.3, 0.4) is 0 Å². The van der Waals surface area contributed by atoms with E-state index in [1.54, 1.807) is 12.1 Å². The second-order valence-electron chi connectivity index (χ2n) is 3.33. The van der Waals surface area contributed by atoms with Gasteiger partial charge in [0.05, 0.1) is 12.8 Å². The molecule has 86 valence electrons. The number of hydrogen-bond donors (Lipinski definition) is 2. The third-order valence-electron chi connectivity index (χ3n) is 2.09. The first kappa shape index (κ1) is 12.1. The maximum Gasteiger partial charge on any atom is 0.221 e. The van der Waals surface area contributed by atoms with Gasteiger partial charge in [0, 0.05) is 6.92 Å². The molecule has 1 amide bonds. The Bertz CT molecular complexity index is 413. The monoisotopic (exact) mass is 221 g/mol. The minimum atomic E-state index is -0.214. The van der Waals surface area contributed by atoms with Crippen LogP contribution < -0.4 is 10.1 Å². The van der Waals surface area contributed by atoms with E-state index in [0.717, 1.165) is 5.56 Å². The molecule has 0 unspecified atom stereocenters. The molecule has 0 aromatic heterocycles. The topological polar surface area (TPSA) is 58.6 Å². The lowest BCUT2D eigenvalue weighted by Crippen LogP contribution is -2.09. The smallest absolute Gasteiger partial charge is 0.221 e. The van der Waals surface area contributed by atoms with Crippen LogP contribution in [0.25, 0.3) is 0 Å². The lowest BCUT2D eigenvalue weighted by atomic mass is 10.1. The molecular formula is C12H15NO3. The molecule has 0 atom stereocenters. The van der Waals surface area contributed by atoms with Gasteiger partial charge < -0.3 is 15.2 Å². The Kier molecular flexibility index (Phi) is 3.94. The Morgan fingerprint density at radius 3 is 2.81 bits per heavy atom. The zero-order valence-corrected chi connectivity index (χ0v) is 9.41. The third kappa shape index (κ3) is 2.53. The Balaban J connectivity index is 3.27. The number of phenols is 1. The average molecular weight is 221 g/mol. The molecule has 1 aromatic rings. The second-order valence-corrected chi connectivity index (χ2v) is 3.33. The molecule has 0 saturated heterocycles. The first-order chi connectivity index (χ1) is 7.60. The van der Waals surface area contributed by atoms with Crippen molar-refractivity contribution in [1.82, 2.24) is 0 Å². The van der Waals surface area contributed by atoms with Gasteiger partial charge in [0.25, 0.3) is 0 Å². The van der Waals surface area contributed by atoms with Crippen molar-refractivity contribution in [3.05, 3.63) is 30.4 Å². The van der Waals surface area contributed by atoms with Crippen molar-refractivity contribution in [2.24, 2.45) is 0 Å². The number of carbonyl (C=O) groups is 1. The standard InChI is InChI=1S/C12H15NO3/c1-4-5-9-6-7-10(15)12(16-3)11(9)13-8(2)14/h4,6-7,15H,1,5H2,2-3H3,(H,13,14). The molecule has 0 bridgehead atoms. The van der Waals surface area contributed by atoms with Crippen LogP contribution in [-0.2, 0) is 11.2 Å². The number of phenolic OH excluding ortho intramolecular Hbond substituents is 1. The van der Waals surface area contributed by atoms with E-state index in [1.807, 2.05) is 0 Å². The van der Waals surface area contributed by atoms with Crippen molar-refractivity contribution < 1.29 is 14.6 Å². The minimum Gasteiger partial charge on any atom is -0.504 e. The number of amides is 1. The first-order valence-electron chi connectivity index (χ1n) is 4.87. The normalized spacial score (nSPS) is 9.62. The van der Waals surface area contributed by atoms with Crippen LogP contribution in [0, 0.1) is 0 Å². The molecule has 0 fully saturated rings. The number of ether oxygens (including phenoxy) is 1. The number of methoxy groups -OCH3 is 1. The number of anilines is 1. The first-order valence-corrected chi connectivity index (χ1v) is 4.87. The summed E-state index contributed by atoms with van der Waals surface area (Å²) >= 11 is 0. The molecule has 1 aromatic carbocycles. The molecule has 16 heavy (non-hydrogen) atoms. The van der Waals surface area contributed by atoms with Crippen molar-refractivity contribution in [3.8, 4) is 11.5 Å². The molecule has 1 rings (SSSR count). The number of nitrogens with one attached hydrogen (secondary N) is 1. The molecule has 0 aliphatic carbocycles. The van der Waals surface area contributed by atoms with Gasteiger partial charge in [-0.2, -0.15) is 0 Å². The highest BCUT2D eigenvalue weighted by molar-refractivity contribution is 5.92. The maximum absolute atomic E-state index is 11.1. The van der Waals surface area contributed by atoms with Gasteiger partial charge in [0.1, 0.15) is 0 Å². The van der Waals surface area contributed by atoms with Crippen molar-refractivity contribution in [2.75, 3.05) is 12.4 Å².